The van der Waals surface area contributed by atoms with Crippen LogP contribution in [0.1, 0.15) is 0 Å². The molecule has 1 aromatic heterocycles. The second-order valence-electron chi connectivity index (χ2n) is 3.53. The van der Waals surface area contributed by atoms with Crippen molar-refractivity contribution in [2.24, 2.45) is 7.05 Å². The number of aromatic nitrogens is 1. The molecule has 2 aromatic rings. The Morgan fingerprint density at radius 2 is 2.00 bits per heavy atom. The molecule has 0 saturated heterocycles. The Labute approximate surface area is 120 Å². The molecule has 0 radical (unpaired) electrons. The Morgan fingerprint density at radius 3 is 2.65 bits per heavy atom. The molecular formula is C12H8BrFINO. The molecule has 2 nitrogen and oxygen atoms in total. The van der Waals surface area contributed by atoms with E-state index in [1.54, 1.807) is 31.3 Å². The van der Waals surface area contributed by atoms with Gasteiger partial charge in [0.15, 0.2) is 0 Å². The van der Waals surface area contributed by atoms with E-state index in [4.69, 9.17) is 0 Å². The first-order valence-electron chi connectivity index (χ1n) is 4.82. The third kappa shape index (κ3) is 2.30. The molecule has 0 spiro atoms. The normalized spacial score (nSPS) is 10.6. The van der Waals surface area contributed by atoms with Crippen molar-refractivity contribution in [1.82, 2.24) is 4.57 Å². The Kier molecular flexibility index (Phi) is 3.67. The van der Waals surface area contributed by atoms with Gasteiger partial charge in [-0.1, -0.05) is 6.07 Å². The second-order valence-corrected chi connectivity index (χ2v) is 5.54. The summed E-state index contributed by atoms with van der Waals surface area (Å²) < 4.78 is 16.5. The van der Waals surface area contributed by atoms with Gasteiger partial charge >= 0.3 is 0 Å². The molecule has 0 bridgehead atoms. The molecule has 0 aliphatic heterocycles. The van der Waals surface area contributed by atoms with Gasteiger partial charge in [0.2, 0.25) is 0 Å². The zero-order valence-electron chi connectivity index (χ0n) is 8.88. The fourth-order valence-electron chi connectivity index (χ4n) is 1.60. The van der Waals surface area contributed by atoms with E-state index in [2.05, 4.69) is 15.9 Å². The van der Waals surface area contributed by atoms with Crippen LogP contribution in [0.15, 0.2) is 39.6 Å². The van der Waals surface area contributed by atoms with Crippen LogP contribution in [-0.2, 0) is 7.05 Å². The van der Waals surface area contributed by atoms with Crippen molar-refractivity contribution in [3.63, 3.8) is 0 Å². The molecule has 1 aromatic carbocycles. The molecule has 0 fully saturated rings. The van der Waals surface area contributed by atoms with E-state index in [-0.39, 0.29) is 11.4 Å². The fourth-order valence-corrected chi connectivity index (χ4v) is 2.69. The molecule has 0 aliphatic carbocycles. The summed E-state index contributed by atoms with van der Waals surface area (Å²) >= 11 is 5.27. The van der Waals surface area contributed by atoms with Crippen LogP contribution in [0.3, 0.4) is 0 Å². The maximum absolute atomic E-state index is 13.8. The minimum atomic E-state index is -0.351. The first kappa shape index (κ1) is 12.8. The lowest BCUT2D eigenvalue weighted by Crippen LogP contribution is -2.20. The molecule has 88 valence electrons. The molecule has 17 heavy (non-hydrogen) atoms. The van der Waals surface area contributed by atoms with Crippen molar-refractivity contribution in [2.75, 3.05) is 0 Å². The van der Waals surface area contributed by atoms with E-state index < -0.39 is 0 Å². The lowest BCUT2D eigenvalue weighted by molar-refractivity contribution is 0.628. The molecule has 2 rings (SSSR count). The van der Waals surface area contributed by atoms with Crippen molar-refractivity contribution < 1.29 is 4.39 Å². The van der Waals surface area contributed by atoms with E-state index in [0.29, 0.717) is 19.3 Å². The molecule has 0 N–H and O–H groups in total. The lowest BCUT2D eigenvalue weighted by atomic mass is 10.1. The maximum Gasteiger partial charge on any atom is 0.264 e. The number of benzene rings is 1. The number of rotatable bonds is 1. The highest BCUT2D eigenvalue weighted by molar-refractivity contribution is 14.1. The van der Waals surface area contributed by atoms with Crippen LogP contribution in [0.25, 0.3) is 11.3 Å². The van der Waals surface area contributed by atoms with Crippen LogP contribution in [0.4, 0.5) is 4.39 Å². The number of pyridine rings is 1. The average molecular weight is 408 g/mol. The van der Waals surface area contributed by atoms with Crippen molar-refractivity contribution >= 4 is 38.5 Å². The van der Waals surface area contributed by atoms with E-state index in [0.717, 1.165) is 0 Å². The van der Waals surface area contributed by atoms with E-state index in [1.807, 2.05) is 22.6 Å². The molecule has 0 unspecified atom stereocenters. The van der Waals surface area contributed by atoms with Crippen LogP contribution >= 0.6 is 38.5 Å². The van der Waals surface area contributed by atoms with E-state index >= 15 is 0 Å². The molecule has 0 atom stereocenters. The fraction of sp³-hybridized carbons (Fsp3) is 0.0833. The zero-order chi connectivity index (χ0) is 12.6. The monoisotopic (exact) mass is 407 g/mol. The van der Waals surface area contributed by atoms with Crippen LogP contribution in [0.2, 0.25) is 0 Å². The van der Waals surface area contributed by atoms with Gasteiger partial charge in [0.1, 0.15) is 5.82 Å². The number of halogens is 3. The first-order valence-corrected chi connectivity index (χ1v) is 6.69. The molecule has 1 heterocycles. The van der Waals surface area contributed by atoms with Gasteiger partial charge in [0.05, 0.1) is 9.26 Å². The summed E-state index contributed by atoms with van der Waals surface area (Å²) in [4.78, 5) is 11.8. The third-order valence-corrected chi connectivity index (χ3v) is 3.96. The van der Waals surface area contributed by atoms with E-state index in [9.17, 15) is 9.18 Å². The topological polar surface area (TPSA) is 22.0 Å². The number of nitrogens with zero attached hydrogens (tertiary/aromatic N) is 1. The predicted octanol–water partition coefficient (Wildman–Crippen LogP) is 3.56. The van der Waals surface area contributed by atoms with Gasteiger partial charge in [-0.05, 0) is 62.8 Å². The Balaban J connectivity index is 2.79. The summed E-state index contributed by atoms with van der Waals surface area (Å²) in [6.07, 6.45) is 0. The second kappa shape index (κ2) is 4.89. The maximum atomic E-state index is 13.8. The highest BCUT2D eigenvalue weighted by atomic mass is 127. The van der Waals surface area contributed by atoms with Gasteiger partial charge in [-0.25, -0.2) is 4.39 Å². The summed E-state index contributed by atoms with van der Waals surface area (Å²) in [5.74, 6) is -0.351. The van der Waals surface area contributed by atoms with Gasteiger partial charge in [0.25, 0.3) is 5.56 Å². The van der Waals surface area contributed by atoms with Crippen molar-refractivity contribution in [3.8, 4) is 11.3 Å². The van der Waals surface area contributed by atoms with Gasteiger partial charge in [0, 0.05) is 17.1 Å². The molecular weight excluding hydrogens is 400 g/mol. The third-order valence-electron chi connectivity index (χ3n) is 2.48. The van der Waals surface area contributed by atoms with Crippen LogP contribution in [0, 0.1) is 9.39 Å². The minimum absolute atomic E-state index is 0.127. The van der Waals surface area contributed by atoms with Gasteiger partial charge in [-0.15, -0.1) is 0 Å². The molecule has 0 amide bonds. The summed E-state index contributed by atoms with van der Waals surface area (Å²) in [5, 5.41) is 0. The molecule has 0 saturated carbocycles. The van der Waals surface area contributed by atoms with E-state index in [1.165, 1.54) is 10.6 Å². The summed E-state index contributed by atoms with van der Waals surface area (Å²) in [5.41, 5.74) is 0.835. The quantitative estimate of drug-likeness (QED) is 0.662. The largest absolute Gasteiger partial charge is 0.310 e. The van der Waals surface area contributed by atoms with Crippen LogP contribution < -0.4 is 5.56 Å². The number of hydrogen-bond acceptors (Lipinski definition) is 1. The molecule has 0 aliphatic rings. The minimum Gasteiger partial charge on any atom is -0.310 e. The summed E-state index contributed by atoms with van der Waals surface area (Å²) in [6.45, 7) is 0. The Bertz CT molecular complexity index is 619. The van der Waals surface area contributed by atoms with Gasteiger partial charge < -0.3 is 4.57 Å². The van der Waals surface area contributed by atoms with Crippen molar-refractivity contribution in [2.45, 2.75) is 0 Å². The Hall–Kier alpha value is -0.690. The smallest absolute Gasteiger partial charge is 0.264 e. The Morgan fingerprint density at radius 1 is 1.29 bits per heavy atom. The van der Waals surface area contributed by atoms with Crippen molar-refractivity contribution in [3.05, 3.63) is 54.5 Å². The SMILES string of the molecule is Cn1c(-c2c(F)cccc2Br)ccc(I)c1=O. The van der Waals surface area contributed by atoms with Crippen LogP contribution in [0.5, 0.6) is 0 Å². The highest BCUT2D eigenvalue weighted by Gasteiger charge is 2.13. The van der Waals surface area contributed by atoms with Gasteiger partial charge in [-0.2, -0.15) is 0 Å². The van der Waals surface area contributed by atoms with Gasteiger partial charge in [-0.3, -0.25) is 4.79 Å². The highest BCUT2D eigenvalue weighted by Crippen LogP contribution is 2.29. The predicted molar refractivity (Wildman–Crippen MR) is 77.5 cm³/mol. The molecule has 5 heteroatoms. The summed E-state index contributed by atoms with van der Waals surface area (Å²) in [6, 6.07) is 8.18. The lowest BCUT2D eigenvalue weighted by Gasteiger charge is -2.11. The van der Waals surface area contributed by atoms with Crippen molar-refractivity contribution in [1.29, 1.82) is 0 Å². The average Bonchev–Trinajstić information content (AvgIpc) is 2.29. The first-order chi connectivity index (χ1) is 8.02. The standard InChI is InChI=1S/C12H8BrFINO/c1-16-10(6-5-9(15)12(16)17)11-7(13)3-2-4-8(11)14/h2-6H,1H3. The van der Waals surface area contributed by atoms with Crippen LogP contribution in [-0.4, -0.2) is 4.57 Å². The number of hydrogen-bond donors (Lipinski definition) is 0. The zero-order valence-corrected chi connectivity index (χ0v) is 12.6. The summed E-state index contributed by atoms with van der Waals surface area (Å²) in [7, 11) is 1.64.